The Morgan fingerprint density at radius 1 is 0.943 bits per heavy atom. The van der Waals surface area contributed by atoms with Crippen LogP contribution in [0.5, 0.6) is 0 Å². The van der Waals surface area contributed by atoms with Crippen LogP contribution < -0.4 is 21.7 Å². The van der Waals surface area contributed by atoms with E-state index >= 15 is 0 Å². The summed E-state index contributed by atoms with van der Waals surface area (Å²) in [4.78, 5) is 66.8. The molecule has 13 heteroatoms. The number of H-pyrrole nitrogens is 1. The molecular formula is C22H28N6O7. The number of benzene rings is 1. The lowest BCUT2D eigenvalue weighted by atomic mass is 10.0. The van der Waals surface area contributed by atoms with Crippen LogP contribution in [-0.2, 0) is 36.8 Å². The minimum absolute atomic E-state index is 0.0457. The zero-order valence-electron chi connectivity index (χ0n) is 18.9. The third-order valence-electron chi connectivity index (χ3n) is 4.99. The van der Waals surface area contributed by atoms with Crippen LogP contribution in [0.15, 0.2) is 42.9 Å². The maximum atomic E-state index is 12.9. The highest BCUT2D eigenvalue weighted by atomic mass is 16.4. The number of rotatable bonds is 13. The van der Waals surface area contributed by atoms with Crippen LogP contribution in [0.4, 0.5) is 0 Å². The van der Waals surface area contributed by atoms with Gasteiger partial charge in [-0.2, -0.15) is 0 Å². The fourth-order valence-electron chi connectivity index (χ4n) is 3.11. The molecule has 0 radical (unpaired) electrons. The predicted octanol–water partition coefficient (Wildman–Crippen LogP) is -1.44. The molecule has 13 nitrogen and oxygen atoms in total. The smallest absolute Gasteiger partial charge is 0.326 e. The molecule has 4 unspecified atom stereocenters. The molecule has 0 aliphatic carbocycles. The predicted molar refractivity (Wildman–Crippen MR) is 122 cm³/mol. The lowest BCUT2D eigenvalue weighted by Crippen LogP contribution is -2.57. The van der Waals surface area contributed by atoms with Gasteiger partial charge in [0, 0.05) is 24.7 Å². The summed E-state index contributed by atoms with van der Waals surface area (Å²) in [6.07, 6.45) is 2.18. The van der Waals surface area contributed by atoms with Gasteiger partial charge in [0.2, 0.25) is 17.7 Å². The van der Waals surface area contributed by atoms with E-state index in [0.717, 1.165) is 0 Å². The zero-order valence-corrected chi connectivity index (χ0v) is 18.9. The maximum Gasteiger partial charge on any atom is 0.326 e. The highest BCUT2D eigenvalue weighted by Crippen LogP contribution is 2.05. The first-order valence-electron chi connectivity index (χ1n) is 10.7. The van der Waals surface area contributed by atoms with Crippen molar-refractivity contribution in [2.45, 2.75) is 50.4 Å². The summed E-state index contributed by atoms with van der Waals surface area (Å²) >= 11 is 0. The maximum absolute atomic E-state index is 12.9. The first kappa shape index (κ1) is 27.0. The largest absolute Gasteiger partial charge is 0.481 e. The van der Waals surface area contributed by atoms with E-state index in [1.165, 1.54) is 19.4 Å². The van der Waals surface area contributed by atoms with Crippen molar-refractivity contribution in [3.63, 3.8) is 0 Å². The number of aliphatic carboxylic acids is 2. The van der Waals surface area contributed by atoms with E-state index in [0.29, 0.717) is 11.3 Å². The molecule has 0 saturated carbocycles. The molecule has 188 valence electrons. The normalized spacial score (nSPS) is 14.1. The monoisotopic (exact) mass is 488 g/mol. The zero-order chi connectivity index (χ0) is 26.0. The van der Waals surface area contributed by atoms with Gasteiger partial charge in [-0.3, -0.25) is 19.2 Å². The topological polar surface area (TPSA) is 217 Å². The Balaban J connectivity index is 2.06. The highest BCUT2D eigenvalue weighted by molar-refractivity contribution is 5.94. The highest BCUT2D eigenvalue weighted by Gasteiger charge is 2.29. The van der Waals surface area contributed by atoms with Crippen LogP contribution in [0, 0.1) is 0 Å². The van der Waals surface area contributed by atoms with Gasteiger partial charge in [-0.15, -0.1) is 0 Å². The van der Waals surface area contributed by atoms with Gasteiger partial charge < -0.3 is 36.9 Å². The molecule has 3 amide bonds. The van der Waals surface area contributed by atoms with Crippen molar-refractivity contribution < 1.29 is 34.2 Å². The van der Waals surface area contributed by atoms with Crippen molar-refractivity contribution in [1.82, 2.24) is 25.9 Å². The molecule has 0 aliphatic heterocycles. The molecule has 0 spiro atoms. The first-order chi connectivity index (χ1) is 16.6. The summed E-state index contributed by atoms with van der Waals surface area (Å²) in [5.41, 5.74) is 6.79. The van der Waals surface area contributed by atoms with Gasteiger partial charge >= 0.3 is 11.9 Å². The Bertz CT molecular complexity index is 1030. The average Bonchev–Trinajstić information content (AvgIpc) is 3.31. The molecular weight excluding hydrogens is 460 g/mol. The Morgan fingerprint density at radius 2 is 1.60 bits per heavy atom. The Hall–Kier alpha value is -4.26. The number of nitrogens with zero attached hydrogens (tertiary/aromatic N) is 1. The molecule has 2 aromatic rings. The van der Waals surface area contributed by atoms with Gasteiger partial charge in [0.25, 0.3) is 0 Å². The Morgan fingerprint density at radius 3 is 2.17 bits per heavy atom. The van der Waals surface area contributed by atoms with E-state index in [1.54, 1.807) is 30.3 Å². The molecule has 8 N–H and O–H groups in total. The third-order valence-corrected chi connectivity index (χ3v) is 4.99. The quantitative estimate of drug-likeness (QED) is 0.175. The van der Waals surface area contributed by atoms with Crippen molar-refractivity contribution in [2.24, 2.45) is 5.73 Å². The number of carbonyl (C=O) groups is 5. The van der Waals surface area contributed by atoms with Crippen LogP contribution in [0.1, 0.15) is 24.6 Å². The number of imidazole rings is 1. The standard InChI is InChI=1S/C22H28N6O7/c1-12(19(31)28-17(22(34)35)8-14-10-24-11-25-14)26-21(33)16(7-13-5-3-2-4-6-13)27-20(32)15(23)9-18(29)30/h2-6,10-12,15-17H,7-9,23H2,1H3,(H,24,25)(H,26,33)(H,27,32)(H,28,31)(H,29,30)(H,34,35). The summed E-state index contributed by atoms with van der Waals surface area (Å²) < 4.78 is 0. The van der Waals surface area contributed by atoms with Crippen molar-refractivity contribution >= 4 is 29.7 Å². The van der Waals surface area contributed by atoms with Crippen molar-refractivity contribution in [1.29, 1.82) is 0 Å². The second kappa shape index (κ2) is 12.8. The lowest BCUT2D eigenvalue weighted by Gasteiger charge is -2.23. The molecule has 1 aromatic heterocycles. The molecule has 4 atom stereocenters. The number of aromatic nitrogens is 2. The summed E-state index contributed by atoms with van der Waals surface area (Å²) in [7, 11) is 0. The Labute approximate surface area is 200 Å². The molecule has 0 fully saturated rings. The molecule has 35 heavy (non-hydrogen) atoms. The number of amides is 3. The summed E-state index contributed by atoms with van der Waals surface area (Å²) in [6.45, 7) is 1.36. The number of nitrogens with one attached hydrogen (secondary N) is 4. The number of aromatic amines is 1. The lowest BCUT2D eigenvalue weighted by molar-refractivity contribution is -0.142. The van der Waals surface area contributed by atoms with E-state index in [2.05, 4.69) is 25.9 Å². The van der Waals surface area contributed by atoms with Gasteiger partial charge in [-0.1, -0.05) is 30.3 Å². The SMILES string of the molecule is CC(NC(=O)C(Cc1ccccc1)NC(=O)C(N)CC(=O)O)C(=O)NC(Cc1cnc[nH]1)C(=O)O. The molecule has 0 saturated heterocycles. The number of hydrogen-bond donors (Lipinski definition) is 7. The second-order valence-electron chi connectivity index (χ2n) is 7.87. The molecule has 0 bridgehead atoms. The first-order valence-corrected chi connectivity index (χ1v) is 10.7. The van der Waals surface area contributed by atoms with Crippen LogP contribution >= 0.6 is 0 Å². The number of carbonyl (C=O) groups excluding carboxylic acids is 3. The minimum atomic E-state index is -1.38. The van der Waals surface area contributed by atoms with Crippen LogP contribution in [-0.4, -0.2) is 74.0 Å². The molecule has 2 rings (SSSR count). The number of hydrogen-bond acceptors (Lipinski definition) is 7. The van der Waals surface area contributed by atoms with E-state index < -0.39 is 60.2 Å². The van der Waals surface area contributed by atoms with E-state index in [-0.39, 0.29) is 12.8 Å². The average molecular weight is 489 g/mol. The van der Waals surface area contributed by atoms with E-state index in [1.807, 2.05) is 0 Å². The van der Waals surface area contributed by atoms with Gasteiger partial charge in [-0.25, -0.2) is 9.78 Å². The number of nitrogens with two attached hydrogens (primary N) is 1. The number of carboxylic acid groups (broad SMARTS) is 2. The molecule has 1 aromatic carbocycles. The summed E-state index contributed by atoms with van der Waals surface area (Å²) in [5, 5.41) is 25.5. The fraction of sp³-hybridized carbons (Fsp3) is 0.364. The second-order valence-corrected chi connectivity index (χ2v) is 7.87. The van der Waals surface area contributed by atoms with Crippen LogP contribution in [0.25, 0.3) is 0 Å². The van der Waals surface area contributed by atoms with Gasteiger partial charge in [0.05, 0.1) is 18.8 Å². The van der Waals surface area contributed by atoms with Crippen molar-refractivity contribution in [2.75, 3.05) is 0 Å². The molecule has 1 heterocycles. The third kappa shape index (κ3) is 8.89. The van der Waals surface area contributed by atoms with Crippen LogP contribution in [0.3, 0.4) is 0 Å². The fourth-order valence-corrected chi connectivity index (χ4v) is 3.11. The van der Waals surface area contributed by atoms with Gasteiger partial charge in [-0.05, 0) is 12.5 Å². The van der Waals surface area contributed by atoms with Gasteiger partial charge in [0.1, 0.15) is 18.1 Å². The minimum Gasteiger partial charge on any atom is -0.481 e. The Kier molecular flexibility index (Phi) is 9.90. The van der Waals surface area contributed by atoms with Crippen molar-refractivity contribution in [3.8, 4) is 0 Å². The summed E-state index contributed by atoms with van der Waals surface area (Å²) in [5.74, 6) is -4.87. The van der Waals surface area contributed by atoms with E-state index in [9.17, 15) is 29.1 Å². The summed E-state index contributed by atoms with van der Waals surface area (Å²) in [6, 6.07) is 3.76. The van der Waals surface area contributed by atoms with Crippen molar-refractivity contribution in [3.05, 3.63) is 54.1 Å². The van der Waals surface area contributed by atoms with Gasteiger partial charge in [0.15, 0.2) is 0 Å². The molecule has 0 aliphatic rings. The van der Waals surface area contributed by atoms with E-state index in [4.69, 9.17) is 10.8 Å². The van der Waals surface area contributed by atoms with Crippen LogP contribution in [0.2, 0.25) is 0 Å². The number of carboxylic acids is 2.